The third-order valence-corrected chi connectivity index (χ3v) is 13.1. The fraction of sp³-hybridized carbons (Fsp3) is 0.852. The number of carbonyl (C=O) groups excluding carboxylic acids is 3. The van der Waals surface area contributed by atoms with Crippen LogP contribution < -0.4 is 0 Å². The molecule has 67 heavy (non-hydrogen) atoms. The van der Waals surface area contributed by atoms with Crippen LogP contribution in [0.4, 0.5) is 0 Å². The lowest BCUT2D eigenvalue weighted by molar-refractivity contribution is -0.167. The zero-order chi connectivity index (χ0) is 48.6. The first kappa shape index (κ1) is 64.6. The second-order valence-corrected chi connectivity index (χ2v) is 19.9. The molecule has 0 unspecified atom stereocenters. The van der Waals surface area contributed by atoms with Gasteiger partial charge in [-0.05, 0) is 77.0 Å². The minimum absolute atomic E-state index is 0.0743. The van der Waals surface area contributed by atoms with Crippen LogP contribution in [0.15, 0.2) is 36.5 Å². The predicted octanol–water partition coefficient (Wildman–Crippen LogP) is 19.7. The molecule has 0 aromatic carbocycles. The van der Waals surface area contributed by atoms with E-state index in [1.807, 2.05) is 0 Å². The molecule has 0 spiro atoms. The van der Waals surface area contributed by atoms with Crippen LogP contribution in [0.1, 0.15) is 316 Å². The minimum Gasteiger partial charge on any atom is -0.462 e. The van der Waals surface area contributed by atoms with Gasteiger partial charge in [0.05, 0.1) is 0 Å². The Kier molecular flexibility index (Phi) is 54.2. The molecule has 0 N–H and O–H groups in total. The maximum absolute atomic E-state index is 12.9. The number of esters is 3. The molecule has 0 rings (SSSR count). The number of carbonyl (C=O) groups is 3. The molecule has 0 radical (unpaired) electrons. The largest absolute Gasteiger partial charge is 0.462 e. The summed E-state index contributed by atoms with van der Waals surface area (Å²) in [5, 5.41) is 0. The molecule has 0 heterocycles. The molecule has 0 bridgehead atoms. The summed E-state index contributed by atoms with van der Waals surface area (Å²) in [5.41, 5.74) is 0. The summed E-state index contributed by atoms with van der Waals surface area (Å²) in [6, 6.07) is 0. The summed E-state index contributed by atoms with van der Waals surface area (Å²) in [5.74, 6) is -0.872. The van der Waals surface area contributed by atoms with E-state index in [1.165, 1.54) is 199 Å². The highest BCUT2D eigenvalue weighted by molar-refractivity contribution is 5.71. The average Bonchev–Trinajstić information content (AvgIpc) is 3.33. The van der Waals surface area contributed by atoms with Crippen molar-refractivity contribution in [2.75, 3.05) is 13.2 Å². The summed E-state index contributed by atoms with van der Waals surface area (Å²) < 4.78 is 16.9. The van der Waals surface area contributed by atoms with Crippen LogP contribution in [0, 0.1) is 0 Å². The first-order valence-electron chi connectivity index (χ1n) is 29.5. The van der Waals surface area contributed by atoms with E-state index < -0.39 is 6.10 Å². The quantitative estimate of drug-likeness (QED) is 0.0262. The summed E-state index contributed by atoms with van der Waals surface area (Å²) in [7, 11) is 0. The Bertz CT molecular complexity index is 1130. The van der Waals surface area contributed by atoms with Crippen LogP contribution >= 0.6 is 0 Å². The normalized spacial score (nSPS) is 12.2. The van der Waals surface area contributed by atoms with Gasteiger partial charge in [0, 0.05) is 19.3 Å². The SMILES string of the molecule is CCCCC/C=C\C/C=C\CCCCCCCCCC(=O)OC[C@H](COC(=O)CCCCCCCCCCCCCCCCCCC)OC(=O)CCCCCCC/C=C\CCCCCCCC. The Hall–Kier alpha value is -2.37. The molecule has 0 saturated carbocycles. The number of hydrogen-bond donors (Lipinski definition) is 0. The fourth-order valence-electron chi connectivity index (χ4n) is 8.65. The van der Waals surface area contributed by atoms with E-state index in [0.717, 1.165) is 77.0 Å². The minimum atomic E-state index is -0.777. The Labute approximate surface area is 416 Å². The maximum atomic E-state index is 12.9. The van der Waals surface area contributed by atoms with E-state index in [9.17, 15) is 14.4 Å². The van der Waals surface area contributed by atoms with Crippen molar-refractivity contribution >= 4 is 17.9 Å². The molecule has 0 aliphatic carbocycles. The summed E-state index contributed by atoms with van der Waals surface area (Å²) >= 11 is 0. The van der Waals surface area contributed by atoms with E-state index in [0.29, 0.717) is 19.3 Å². The van der Waals surface area contributed by atoms with Crippen LogP contribution in [0.25, 0.3) is 0 Å². The number of unbranched alkanes of at least 4 members (excludes halogenated alkanes) is 37. The highest BCUT2D eigenvalue weighted by atomic mass is 16.6. The predicted molar refractivity (Wildman–Crippen MR) is 289 cm³/mol. The van der Waals surface area contributed by atoms with Crippen molar-refractivity contribution in [2.24, 2.45) is 0 Å². The molecular weight excluding hydrogens is 829 g/mol. The van der Waals surface area contributed by atoms with Crippen LogP contribution in [0.2, 0.25) is 0 Å². The third kappa shape index (κ3) is 54.4. The first-order chi connectivity index (χ1) is 33.0. The Morgan fingerprint density at radius 1 is 0.299 bits per heavy atom. The van der Waals surface area contributed by atoms with Crippen LogP contribution in [0.3, 0.4) is 0 Å². The maximum Gasteiger partial charge on any atom is 0.306 e. The van der Waals surface area contributed by atoms with Crippen molar-refractivity contribution in [1.29, 1.82) is 0 Å². The average molecular weight is 942 g/mol. The van der Waals surface area contributed by atoms with E-state index >= 15 is 0 Å². The summed E-state index contributed by atoms with van der Waals surface area (Å²) in [6.07, 6.45) is 67.0. The Morgan fingerprint density at radius 3 is 0.866 bits per heavy atom. The van der Waals surface area contributed by atoms with Gasteiger partial charge in [-0.3, -0.25) is 14.4 Å². The number of rotatable bonds is 54. The van der Waals surface area contributed by atoms with Crippen LogP contribution in [-0.4, -0.2) is 37.2 Å². The lowest BCUT2D eigenvalue weighted by Gasteiger charge is -2.18. The Morgan fingerprint density at radius 2 is 0.537 bits per heavy atom. The molecule has 0 fully saturated rings. The lowest BCUT2D eigenvalue weighted by Crippen LogP contribution is -2.30. The standard InChI is InChI=1S/C61H112O6/c1-4-7-10-13-16-19-22-25-28-30-33-35-38-41-44-47-50-53-59(62)65-56-58(67-61(64)55-52-49-46-43-40-37-32-27-24-21-18-15-12-9-6-3)57-66-60(63)54-51-48-45-42-39-36-34-31-29-26-23-20-17-14-11-8-5-2/h16,19,25,27-28,32,58H,4-15,17-18,20-24,26,29-31,33-57H2,1-3H3/b19-16-,28-25-,32-27-/t58-/m1/s1. The van der Waals surface area contributed by atoms with Crippen molar-refractivity contribution in [2.45, 2.75) is 322 Å². The van der Waals surface area contributed by atoms with E-state index in [-0.39, 0.29) is 31.1 Å². The number of ether oxygens (including phenoxy) is 3. The van der Waals surface area contributed by atoms with Gasteiger partial charge in [-0.2, -0.15) is 0 Å². The van der Waals surface area contributed by atoms with Crippen LogP contribution in [-0.2, 0) is 28.6 Å². The number of allylic oxidation sites excluding steroid dienone is 6. The van der Waals surface area contributed by atoms with Gasteiger partial charge in [-0.15, -0.1) is 0 Å². The molecule has 6 heteroatoms. The van der Waals surface area contributed by atoms with Gasteiger partial charge in [0.1, 0.15) is 13.2 Å². The van der Waals surface area contributed by atoms with Gasteiger partial charge in [0.2, 0.25) is 0 Å². The Balaban J connectivity index is 4.35. The second-order valence-electron chi connectivity index (χ2n) is 19.9. The molecule has 0 aromatic heterocycles. The fourth-order valence-corrected chi connectivity index (χ4v) is 8.65. The van der Waals surface area contributed by atoms with Crippen LogP contribution in [0.5, 0.6) is 0 Å². The summed E-state index contributed by atoms with van der Waals surface area (Å²) in [4.78, 5) is 38.2. The van der Waals surface area contributed by atoms with Gasteiger partial charge < -0.3 is 14.2 Å². The molecule has 0 aliphatic heterocycles. The third-order valence-electron chi connectivity index (χ3n) is 13.1. The van der Waals surface area contributed by atoms with Gasteiger partial charge in [-0.1, -0.05) is 256 Å². The van der Waals surface area contributed by atoms with Crippen molar-refractivity contribution in [1.82, 2.24) is 0 Å². The first-order valence-corrected chi connectivity index (χ1v) is 29.5. The van der Waals surface area contributed by atoms with Gasteiger partial charge >= 0.3 is 17.9 Å². The zero-order valence-electron chi connectivity index (χ0n) is 44.9. The summed E-state index contributed by atoms with van der Waals surface area (Å²) in [6.45, 7) is 6.64. The molecular formula is C61H112O6. The number of hydrogen-bond acceptors (Lipinski definition) is 6. The van der Waals surface area contributed by atoms with Crippen molar-refractivity contribution in [3.8, 4) is 0 Å². The highest BCUT2D eigenvalue weighted by Gasteiger charge is 2.19. The molecule has 0 saturated heterocycles. The molecule has 392 valence electrons. The molecule has 0 aromatic rings. The molecule has 6 nitrogen and oxygen atoms in total. The van der Waals surface area contributed by atoms with Gasteiger partial charge in [0.15, 0.2) is 6.10 Å². The van der Waals surface area contributed by atoms with Gasteiger partial charge in [-0.25, -0.2) is 0 Å². The van der Waals surface area contributed by atoms with E-state index in [1.54, 1.807) is 0 Å². The lowest BCUT2D eigenvalue weighted by atomic mass is 10.0. The smallest absolute Gasteiger partial charge is 0.306 e. The highest BCUT2D eigenvalue weighted by Crippen LogP contribution is 2.16. The molecule has 1 atom stereocenters. The monoisotopic (exact) mass is 941 g/mol. The second kappa shape index (κ2) is 56.2. The molecule has 0 amide bonds. The molecule has 0 aliphatic rings. The van der Waals surface area contributed by atoms with E-state index in [2.05, 4.69) is 57.2 Å². The zero-order valence-corrected chi connectivity index (χ0v) is 44.9. The van der Waals surface area contributed by atoms with E-state index in [4.69, 9.17) is 14.2 Å². The van der Waals surface area contributed by atoms with Crippen molar-refractivity contribution in [3.63, 3.8) is 0 Å². The topological polar surface area (TPSA) is 78.9 Å². The van der Waals surface area contributed by atoms with Crippen molar-refractivity contribution < 1.29 is 28.6 Å². The van der Waals surface area contributed by atoms with Crippen molar-refractivity contribution in [3.05, 3.63) is 36.5 Å². The van der Waals surface area contributed by atoms with Gasteiger partial charge in [0.25, 0.3) is 0 Å².